The van der Waals surface area contributed by atoms with Gasteiger partial charge in [-0.25, -0.2) is 0 Å². The van der Waals surface area contributed by atoms with Crippen molar-refractivity contribution in [2.75, 3.05) is 0 Å². The molecule has 15 heavy (non-hydrogen) atoms. The Hall–Kier alpha value is -1.35. The lowest BCUT2D eigenvalue weighted by molar-refractivity contribution is -0.0885. The largest absolute Gasteiger partial charge is 0.454 e. The van der Waals surface area contributed by atoms with Gasteiger partial charge in [-0.15, -0.1) is 0 Å². The standard InChI is InChI=1S/C9H3BrF3NO/c10-7-2-1-5(3-6(7)4-14)8(15)9(11,12)13/h1-3H. The number of carbonyl (C=O) groups excluding carboxylic acids is 1. The van der Waals surface area contributed by atoms with Crippen LogP contribution in [-0.4, -0.2) is 12.0 Å². The van der Waals surface area contributed by atoms with Crippen molar-refractivity contribution in [1.29, 1.82) is 5.26 Å². The van der Waals surface area contributed by atoms with E-state index in [-0.39, 0.29) is 5.56 Å². The van der Waals surface area contributed by atoms with Gasteiger partial charge in [0.05, 0.1) is 5.56 Å². The van der Waals surface area contributed by atoms with Crippen molar-refractivity contribution in [3.8, 4) is 6.07 Å². The fourth-order valence-electron chi connectivity index (χ4n) is 0.916. The molecule has 0 saturated heterocycles. The zero-order valence-electron chi connectivity index (χ0n) is 7.10. The van der Waals surface area contributed by atoms with Crippen LogP contribution in [0.15, 0.2) is 22.7 Å². The van der Waals surface area contributed by atoms with E-state index in [0.29, 0.717) is 4.47 Å². The van der Waals surface area contributed by atoms with Crippen LogP contribution in [0.2, 0.25) is 0 Å². The number of nitriles is 1. The summed E-state index contributed by atoms with van der Waals surface area (Å²) in [6.45, 7) is 0. The summed E-state index contributed by atoms with van der Waals surface area (Å²) in [5.41, 5.74) is -0.549. The molecule has 1 aromatic carbocycles. The molecule has 0 N–H and O–H groups in total. The normalized spacial score (nSPS) is 10.9. The fourth-order valence-corrected chi connectivity index (χ4v) is 1.25. The topological polar surface area (TPSA) is 40.9 Å². The van der Waals surface area contributed by atoms with Crippen LogP contribution < -0.4 is 0 Å². The molecule has 6 heteroatoms. The van der Waals surface area contributed by atoms with Gasteiger partial charge in [-0.05, 0) is 34.1 Å². The van der Waals surface area contributed by atoms with Gasteiger partial charge in [0.1, 0.15) is 6.07 Å². The third-order valence-electron chi connectivity index (χ3n) is 1.61. The first kappa shape index (κ1) is 11.7. The number of Topliss-reactive ketones (excluding diaryl/α,β-unsaturated/α-hetero) is 1. The maximum absolute atomic E-state index is 12.0. The second kappa shape index (κ2) is 4.03. The molecule has 0 aliphatic heterocycles. The zero-order valence-corrected chi connectivity index (χ0v) is 8.69. The molecule has 0 aliphatic carbocycles. The monoisotopic (exact) mass is 277 g/mol. The minimum absolute atomic E-state index is 0.00917. The Balaban J connectivity index is 3.20. The highest BCUT2D eigenvalue weighted by Gasteiger charge is 2.39. The Morgan fingerprint density at radius 1 is 1.40 bits per heavy atom. The summed E-state index contributed by atoms with van der Waals surface area (Å²) in [5, 5.41) is 8.55. The summed E-state index contributed by atoms with van der Waals surface area (Å²) < 4.78 is 36.4. The number of ketones is 1. The van der Waals surface area contributed by atoms with E-state index in [1.165, 1.54) is 6.07 Å². The first-order valence-corrected chi connectivity index (χ1v) is 4.46. The average molecular weight is 278 g/mol. The number of hydrogen-bond donors (Lipinski definition) is 0. The molecule has 1 rings (SSSR count). The SMILES string of the molecule is N#Cc1cc(C(=O)C(F)(F)F)ccc1Br. The van der Waals surface area contributed by atoms with Crippen LogP contribution in [0.25, 0.3) is 0 Å². The molecule has 1 aromatic rings. The van der Waals surface area contributed by atoms with Gasteiger partial charge in [-0.1, -0.05) is 0 Å². The predicted molar refractivity (Wildman–Crippen MR) is 49.2 cm³/mol. The Morgan fingerprint density at radius 3 is 2.47 bits per heavy atom. The van der Waals surface area contributed by atoms with Crippen LogP contribution in [0.3, 0.4) is 0 Å². The second-order valence-electron chi connectivity index (χ2n) is 2.63. The van der Waals surface area contributed by atoms with Crippen molar-refractivity contribution in [2.45, 2.75) is 6.18 Å². The molecule has 0 aromatic heterocycles. The Kier molecular flexibility index (Phi) is 3.15. The van der Waals surface area contributed by atoms with E-state index in [2.05, 4.69) is 15.9 Å². The maximum Gasteiger partial charge on any atom is 0.454 e. The molecule has 0 saturated carbocycles. The molecule has 0 atom stereocenters. The lowest BCUT2D eigenvalue weighted by Gasteiger charge is -2.05. The molecule has 0 bridgehead atoms. The third-order valence-corrected chi connectivity index (χ3v) is 2.30. The number of hydrogen-bond acceptors (Lipinski definition) is 2. The van der Waals surface area contributed by atoms with Crippen LogP contribution in [0.1, 0.15) is 15.9 Å². The lowest BCUT2D eigenvalue weighted by atomic mass is 10.1. The van der Waals surface area contributed by atoms with Gasteiger partial charge < -0.3 is 0 Å². The molecule has 78 valence electrons. The van der Waals surface area contributed by atoms with Gasteiger partial charge in [-0.3, -0.25) is 4.79 Å². The van der Waals surface area contributed by atoms with Gasteiger partial charge in [0.15, 0.2) is 0 Å². The van der Waals surface area contributed by atoms with E-state index in [1.807, 2.05) is 0 Å². The Bertz CT molecular complexity index is 448. The molecule has 0 radical (unpaired) electrons. The number of rotatable bonds is 1. The van der Waals surface area contributed by atoms with Gasteiger partial charge in [0, 0.05) is 10.0 Å². The number of alkyl halides is 3. The first-order valence-electron chi connectivity index (χ1n) is 3.67. The number of benzene rings is 1. The summed E-state index contributed by atoms with van der Waals surface area (Å²) in [6, 6.07) is 4.83. The van der Waals surface area contributed by atoms with E-state index in [1.54, 1.807) is 6.07 Å². The van der Waals surface area contributed by atoms with E-state index < -0.39 is 17.5 Å². The average Bonchev–Trinajstić information content (AvgIpc) is 2.16. The minimum Gasteiger partial charge on any atom is -0.284 e. The van der Waals surface area contributed by atoms with Gasteiger partial charge in [0.25, 0.3) is 5.78 Å². The minimum atomic E-state index is -4.92. The predicted octanol–water partition coefficient (Wildman–Crippen LogP) is 3.07. The van der Waals surface area contributed by atoms with Crippen molar-refractivity contribution in [2.24, 2.45) is 0 Å². The van der Waals surface area contributed by atoms with Crippen molar-refractivity contribution in [3.05, 3.63) is 33.8 Å². The highest BCUT2D eigenvalue weighted by Crippen LogP contribution is 2.24. The van der Waals surface area contributed by atoms with Crippen molar-refractivity contribution >= 4 is 21.7 Å². The van der Waals surface area contributed by atoms with Crippen LogP contribution >= 0.6 is 15.9 Å². The van der Waals surface area contributed by atoms with Crippen molar-refractivity contribution < 1.29 is 18.0 Å². The molecule has 0 heterocycles. The van der Waals surface area contributed by atoms with E-state index in [4.69, 9.17) is 5.26 Å². The maximum atomic E-state index is 12.0. The number of carbonyl (C=O) groups is 1. The lowest BCUT2D eigenvalue weighted by Crippen LogP contribution is -2.22. The highest BCUT2D eigenvalue weighted by atomic mass is 79.9. The quantitative estimate of drug-likeness (QED) is 0.741. The van der Waals surface area contributed by atoms with Gasteiger partial charge in [-0.2, -0.15) is 18.4 Å². The summed E-state index contributed by atoms with van der Waals surface area (Å²) >= 11 is 2.98. The Morgan fingerprint density at radius 2 is 2.00 bits per heavy atom. The van der Waals surface area contributed by atoms with Crippen LogP contribution in [-0.2, 0) is 0 Å². The molecule has 0 spiro atoms. The molecular weight excluding hydrogens is 275 g/mol. The summed E-state index contributed by atoms with van der Waals surface area (Å²) in [7, 11) is 0. The van der Waals surface area contributed by atoms with Crippen molar-refractivity contribution in [3.63, 3.8) is 0 Å². The number of halogens is 4. The molecule has 0 amide bonds. The highest BCUT2D eigenvalue weighted by molar-refractivity contribution is 9.10. The molecule has 2 nitrogen and oxygen atoms in total. The van der Waals surface area contributed by atoms with E-state index in [0.717, 1.165) is 12.1 Å². The summed E-state index contributed by atoms with van der Waals surface area (Å²) in [6.07, 6.45) is -4.92. The molecule has 0 aliphatic rings. The summed E-state index contributed by atoms with van der Waals surface area (Å²) in [5.74, 6) is -1.95. The van der Waals surface area contributed by atoms with E-state index >= 15 is 0 Å². The van der Waals surface area contributed by atoms with Crippen LogP contribution in [0, 0.1) is 11.3 Å². The Labute approximate surface area is 91.4 Å². The van der Waals surface area contributed by atoms with Crippen molar-refractivity contribution in [1.82, 2.24) is 0 Å². The smallest absolute Gasteiger partial charge is 0.284 e. The van der Waals surface area contributed by atoms with Crippen LogP contribution in [0.5, 0.6) is 0 Å². The van der Waals surface area contributed by atoms with Gasteiger partial charge >= 0.3 is 6.18 Å². The first-order chi connectivity index (χ1) is 6.86. The second-order valence-corrected chi connectivity index (χ2v) is 3.49. The fraction of sp³-hybridized carbons (Fsp3) is 0.111. The molecular formula is C9H3BrF3NO. The molecule has 0 unspecified atom stereocenters. The van der Waals surface area contributed by atoms with Crippen LogP contribution in [0.4, 0.5) is 13.2 Å². The summed E-state index contributed by atoms with van der Waals surface area (Å²) in [4.78, 5) is 10.8. The zero-order chi connectivity index (χ0) is 11.6. The third kappa shape index (κ3) is 2.57. The van der Waals surface area contributed by atoms with Gasteiger partial charge in [0.2, 0.25) is 0 Å². The number of nitrogens with zero attached hydrogens (tertiary/aromatic N) is 1. The van der Waals surface area contributed by atoms with E-state index in [9.17, 15) is 18.0 Å². The molecule has 0 fully saturated rings.